The van der Waals surface area contributed by atoms with Gasteiger partial charge in [-0.1, -0.05) is 32.4 Å². The smallest absolute Gasteiger partial charge is 0.339 e. The molecule has 0 bridgehead atoms. The first-order valence-corrected chi connectivity index (χ1v) is 6.02. The number of carbonyl (C=O) groups excluding carboxylic acids is 1. The molecule has 0 aliphatic rings. The van der Waals surface area contributed by atoms with Crippen LogP contribution in [0.3, 0.4) is 0 Å². The summed E-state index contributed by atoms with van der Waals surface area (Å²) in [6.45, 7) is 6.22. The lowest BCUT2D eigenvalue weighted by Gasteiger charge is -2.20. The molecule has 1 aromatic rings. The Morgan fingerprint density at radius 1 is 1.38 bits per heavy atom. The van der Waals surface area contributed by atoms with Crippen molar-refractivity contribution >= 4 is 33.5 Å². The summed E-state index contributed by atoms with van der Waals surface area (Å²) in [7, 11) is 1.34. The standard InChI is InChI=1S/C12H14BrClO2/c1-12(2,3)7-5-8(11(15)16-4)10(14)9(13)6-7/h5-6H,1-4H3. The van der Waals surface area contributed by atoms with Crippen molar-refractivity contribution < 1.29 is 9.53 Å². The number of benzene rings is 1. The lowest BCUT2D eigenvalue weighted by Crippen LogP contribution is -2.13. The monoisotopic (exact) mass is 304 g/mol. The maximum absolute atomic E-state index is 11.5. The van der Waals surface area contributed by atoms with Crippen LogP contribution in [0.2, 0.25) is 5.02 Å². The van der Waals surface area contributed by atoms with Gasteiger partial charge in [0.05, 0.1) is 17.7 Å². The van der Waals surface area contributed by atoms with Gasteiger partial charge in [-0.2, -0.15) is 0 Å². The van der Waals surface area contributed by atoms with E-state index in [1.165, 1.54) is 7.11 Å². The number of esters is 1. The van der Waals surface area contributed by atoms with Crippen LogP contribution >= 0.6 is 27.5 Å². The lowest BCUT2D eigenvalue weighted by molar-refractivity contribution is 0.0600. The zero-order valence-corrected chi connectivity index (χ0v) is 12.1. The summed E-state index contributed by atoms with van der Waals surface area (Å²) < 4.78 is 5.41. The lowest BCUT2D eigenvalue weighted by atomic mass is 9.86. The zero-order valence-electron chi connectivity index (χ0n) is 9.73. The van der Waals surface area contributed by atoms with Gasteiger partial charge in [0.25, 0.3) is 0 Å². The van der Waals surface area contributed by atoms with Gasteiger partial charge in [0.2, 0.25) is 0 Å². The molecule has 0 atom stereocenters. The van der Waals surface area contributed by atoms with E-state index in [-0.39, 0.29) is 5.41 Å². The molecule has 0 aliphatic carbocycles. The minimum absolute atomic E-state index is 0.0458. The van der Waals surface area contributed by atoms with Crippen molar-refractivity contribution in [2.45, 2.75) is 26.2 Å². The third kappa shape index (κ3) is 2.77. The largest absolute Gasteiger partial charge is 0.465 e. The molecule has 4 heteroatoms. The number of methoxy groups -OCH3 is 1. The Hall–Kier alpha value is -0.540. The second-order valence-electron chi connectivity index (χ2n) is 4.56. The highest BCUT2D eigenvalue weighted by atomic mass is 79.9. The molecular formula is C12H14BrClO2. The Balaban J connectivity index is 3.39. The van der Waals surface area contributed by atoms with Crippen molar-refractivity contribution in [2.24, 2.45) is 0 Å². The van der Waals surface area contributed by atoms with Gasteiger partial charge < -0.3 is 4.74 Å². The Kier molecular flexibility index (Phi) is 4.02. The molecule has 2 nitrogen and oxygen atoms in total. The number of ether oxygens (including phenoxy) is 1. The van der Waals surface area contributed by atoms with E-state index in [1.54, 1.807) is 6.07 Å². The Bertz CT molecular complexity index is 422. The van der Waals surface area contributed by atoms with E-state index in [0.29, 0.717) is 15.1 Å². The number of carbonyl (C=O) groups is 1. The average molecular weight is 306 g/mol. The number of hydrogen-bond acceptors (Lipinski definition) is 2. The molecule has 1 rings (SSSR count). The number of rotatable bonds is 1. The van der Waals surface area contributed by atoms with Crippen LogP contribution in [0.15, 0.2) is 16.6 Å². The van der Waals surface area contributed by atoms with Crippen LogP contribution < -0.4 is 0 Å². The molecule has 0 radical (unpaired) electrons. The molecule has 0 fully saturated rings. The van der Waals surface area contributed by atoms with Gasteiger partial charge in [-0.3, -0.25) is 0 Å². The number of halogens is 2. The van der Waals surface area contributed by atoms with Crippen LogP contribution in [0.1, 0.15) is 36.7 Å². The maximum Gasteiger partial charge on any atom is 0.339 e. The molecule has 0 N–H and O–H groups in total. The van der Waals surface area contributed by atoms with Crippen LogP contribution in [0, 0.1) is 0 Å². The van der Waals surface area contributed by atoms with Crippen LogP contribution in [0.4, 0.5) is 0 Å². The normalized spacial score (nSPS) is 11.4. The van der Waals surface area contributed by atoms with Gasteiger partial charge in [-0.05, 0) is 39.0 Å². The fraction of sp³-hybridized carbons (Fsp3) is 0.417. The van der Waals surface area contributed by atoms with Crippen LogP contribution in [-0.2, 0) is 10.2 Å². The van der Waals surface area contributed by atoms with Gasteiger partial charge in [-0.25, -0.2) is 4.79 Å². The van der Waals surface area contributed by atoms with Gasteiger partial charge in [0.1, 0.15) is 0 Å². The average Bonchev–Trinajstić information content (AvgIpc) is 2.19. The molecule has 1 aromatic carbocycles. The quantitative estimate of drug-likeness (QED) is 0.727. The van der Waals surface area contributed by atoms with E-state index >= 15 is 0 Å². The molecule has 88 valence electrons. The van der Waals surface area contributed by atoms with E-state index in [0.717, 1.165) is 5.56 Å². The molecule has 0 saturated heterocycles. The molecule has 0 amide bonds. The van der Waals surface area contributed by atoms with Gasteiger partial charge in [0, 0.05) is 4.47 Å². The second-order valence-corrected chi connectivity index (χ2v) is 5.79. The summed E-state index contributed by atoms with van der Waals surface area (Å²) in [5.41, 5.74) is 1.38. The maximum atomic E-state index is 11.5. The first-order valence-electron chi connectivity index (χ1n) is 4.85. The Labute approximate surface area is 109 Å². The minimum atomic E-state index is -0.420. The van der Waals surface area contributed by atoms with E-state index in [4.69, 9.17) is 16.3 Å². The molecule has 0 aromatic heterocycles. The molecule has 0 unspecified atom stereocenters. The zero-order chi connectivity index (χ0) is 12.5. The van der Waals surface area contributed by atoms with E-state index in [9.17, 15) is 4.79 Å². The van der Waals surface area contributed by atoms with E-state index in [1.807, 2.05) is 6.07 Å². The molecule has 0 spiro atoms. The SMILES string of the molecule is COC(=O)c1cc(C(C)(C)C)cc(Br)c1Cl. The van der Waals surface area contributed by atoms with E-state index in [2.05, 4.69) is 36.7 Å². The third-order valence-electron chi connectivity index (χ3n) is 2.30. The molecule has 0 saturated carbocycles. The first kappa shape index (κ1) is 13.5. The van der Waals surface area contributed by atoms with Gasteiger partial charge >= 0.3 is 5.97 Å². The van der Waals surface area contributed by atoms with E-state index < -0.39 is 5.97 Å². The van der Waals surface area contributed by atoms with Crippen molar-refractivity contribution in [3.8, 4) is 0 Å². The second kappa shape index (κ2) is 4.76. The van der Waals surface area contributed by atoms with Crippen molar-refractivity contribution in [3.63, 3.8) is 0 Å². The summed E-state index contributed by atoms with van der Waals surface area (Å²) in [5, 5.41) is 0.389. The summed E-state index contributed by atoms with van der Waals surface area (Å²) in [6, 6.07) is 3.70. The highest BCUT2D eigenvalue weighted by Crippen LogP contribution is 2.33. The predicted octanol–water partition coefficient (Wildman–Crippen LogP) is 4.19. The first-order chi connectivity index (χ1) is 7.27. The molecule has 0 heterocycles. The summed E-state index contributed by atoms with van der Waals surface area (Å²) in [6.07, 6.45) is 0. The summed E-state index contributed by atoms with van der Waals surface area (Å²) in [4.78, 5) is 11.5. The molecular weight excluding hydrogens is 291 g/mol. The summed E-state index contributed by atoms with van der Waals surface area (Å²) in [5.74, 6) is -0.420. The van der Waals surface area contributed by atoms with Crippen molar-refractivity contribution in [1.82, 2.24) is 0 Å². The van der Waals surface area contributed by atoms with Crippen molar-refractivity contribution in [3.05, 3.63) is 32.8 Å². The van der Waals surface area contributed by atoms with Crippen molar-refractivity contribution in [2.75, 3.05) is 7.11 Å². The minimum Gasteiger partial charge on any atom is -0.465 e. The molecule has 16 heavy (non-hydrogen) atoms. The number of hydrogen-bond donors (Lipinski definition) is 0. The Morgan fingerprint density at radius 3 is 2.38 bits per heavy atom. The van der Waals surface area contributed by atoms with Crippen LogP contribution in [0.5, 0.6) is 0 Å². The molecule has 0 aliphatic heterocycles. The Morgan fingerprint density at radius 2 is 1.94 bits per heavy atom. The van der Waals surface area contributed by atoms with Crippen LogP contribution in [0.25, 0.3) is 0 Å². The fourth-order valence-corrected chi connectivity index (χ4v) is 1.93. The third-order valence-corrected chi connectivity index (χ3v) is 3.56. The predicted molar refractivity (Wildman–Crippen MR) is 69.2 cm³/mol. The van der Waals surface area contributed by atoms with Gasteiger partial charge in [-0.15, -0.1) is 0 Å². The van der Waals surface area contributed by atoms with Crippen LogP contribution in [-0.4, -0.2) is 13.1 Å². The highest BCUT2D eigenvalue weighted by molar-refractivity contribution is 9.10. The van der Waals surface area contributed by atoms with Crippen molar-refractivity contribution in [1.29, 1.82) is 0 Å². The topological polar surface area (TPSA) is 26.3 Å². The summed E-state index contributed by atoms with van der Waals surface area (Å²) >= 11 is 9.39. The van der Waals surface area contributed by atoms with Gasteiger partial charge in [0.15, 0.2) is 0 Å². The fourth-order valence-electron chi connectivity index (χ4n) is 1.28. The highest BCUT2D eigenvalue weighted by Gasteiger charge is 2.20.